The van der Waals surface area contributed by atoms with Gasteiger partial charge in [-0.3, -0.25) is 9.59 Å². The second kappa shape index (κ2) is 12.8. The van der Waals surface area contributed by atoms with Crippen LogP contribution in [0.3, 0.4) is 0 Å². The number of nitrogens with one attached hydrogen (secondary N) is 3. The van der Waals surface area contributed by atoms with Crippen molar-refractivity contribution in [2.45, 2.75) is 19.8 Å². The van der Waals surface area contributed by atoms with Crippen molar-refractivity contribution in [2.24, 2.45) is 0 Å². The van der Waals surface area contributed by atoms with Crippen LogP contribution in [-0.4, -0.2) is 31.3 Å². The number of nitriles is 1. The summed E-state index contributed by atoms with van der Waals surface area (Å²) in [6, 6.07) is 19.8. The Morgan fingerprint density at radius 3 is 2.54 bits per heavy atom. The molecule has 1 atom stereocenters. The van der Waals surface area contributed by atoms with E-state index < -0.39 is 5.92 Å². The van der Waals surface area contributed by atoms with E-state index in [0.717, 1.165) is 0 Å². The highest BCUT2D eigenvalue weighted by molar-refractivity contribution is 8.03. The molecule has 1 aliphatic rings. The molecule has 10 heteroatoms. The van der Waals surface area contributed by atoms with Crippen molar-refractivity contribution in [2.75, 3.05) is 30.1 Å². The highest BCUT2D eigenvalue weighted by atomic mass is 32.2. The summed E-state index contributed by atoms with van der Waals surface area (Å²) in [4.78, 5) is 26.3. The number of carbonyl (C=O) groups excluding carboxylic acids is 2. The first-order chi connectivity index (χ1) is 18.9. The molecule has 2 amide bonds. The van der Waals surface area contributed by atoms with Crippen LogP contribution in [0.5, 0.6) is 11.5 Å². The van der Waals surface area contributed by atoms with Crippen molar-refractivity contribution >= 4 is 35.0 Å². The summed E-state index contributed by atoms with van der Waals surface area (Å²) < 4.78 is 16.4. The molecular formula is C29H28N4O5S. The van der Waals surface area contributed by atoms with Crippen molar-refractivity contribution in [1.82, 2.24) is 5.32 Å². The van der Waals surface area contributed by atoms with Gasteiger partial charge in [0.2, 0.25) is 5.91 Å². The first-order valence-electron chi connectivity index (χ1n) is 12.2. The SMILES string of the molecule is CCOc1ccccc1NC(=O)CSC1=C(C#N)[C@H](c2ccco2)C(C(=O)Nc2ccc(OC)cc2)=C(C)N1. The van der Waals surface area contributed by atoms with Crippen LogP contribution in [0.15, 0.2) is 93.2 Å². The van der Waals surface area contributed by atoms with Crippen molar-refractivity contribution < 1.29 is 23.5 Å². The van der Waals surface area contributed by atoms with Crippen LogP contribution < -0.4 is 25.4 Å². The molecule has 0 saturated carbocycles. The molecule has 1 aromatic heterocycles. The molecule has 3 aromatic rings. The lowest BCUT2D eigenvalue weighted by Gasteiger charge is -2.28. The Kier molecular flexibility index (Phi) is 8.97. The highest BCUT2D eigenvalue weighted by Crippen LogP contribution is 2.41. The number of carbonyl (C=O) groups is 2. The Morgan fingerprint density at radius 2 is 1.87 bits per heavy atom. The largest absolute Gasteiger partial charge is 0.497 e. The van der Waals surface area contributed by atoms with E-state index in [-0.39, 0.29) is 23.1 Å². The molecule has 1 aliphatic heterocycles. The minimum Gasteiger partial charge on any atom is -0.497 e. The van der Waals surface area contributed by atoms with Crippen LogP contribution in [0.2, 0.25) is 0 Å². The third kappa shape index (κ3) is 6.45. The molecule has 0 bridgehead atoms. The molecule has 0 saturated heterocycles. The molecule has 3 N–H and O–H groups in total. The van der Waals surface area contributed by atoms with E-state index in [9.17, 15) is 14.9 Å². The standard InChI is InChI=1S/C29H28N4O5S/c1-4-37-23-9-6-5-8-22(23)33-25(34)17-39-29-21(16-30)27(24-10-7-15-38-24)26(18(2)31-29)28(35)32-19-11-13-20(36-3)14-12-19/h5-15,27,31H,4,17H2,1-3H3,(H,32,35)(H,33,34)/t27-/m1/s1. The Labute approximate surface area is 230 Å². The monoisotopic (exact) mass is 544 g/mol. The predicted molar refractivity (Wildman–Crippen MR) is 150 cm³/mol. The number of furan rings is 1. The molecule has 2 aromatic carbocycles. The molecule has 0 aliphatic carbocycles. The molecule has 0 radical (unpaired) electrons. The Bertz CT molecular complexity index is 1440. The third-order valence-corrected chi connectivity index (χ3v) is 6.89. The smallest absolute Gasteiger partial charge is 0.254 e. The van der Waals surface area contributed by atoms with Gasteiger partial charge in [-0.2, -0.15) is 5.26 Å². The maximum Gasteiger partial charge on any atom is 0.254 e. The fourth-order valence-corrected chi connectivity index (χ4v) is 5.01. The molecular weight excluding hydrogens is 516 g/mol. The van der Waals surface area contributed by atoms with Gasteiger partial charge in [0, 0.05) is 11.4 Å². The number of rotatable bonds is 10. The number of dihydropyridines is 1. The predicted octanol–water partition coefficient (Wildman–Crippen LogP) is 5.39. The van der Waals surface area contributed by atoms with Crippen molar-refractivity contribution in [1.29, 1.82) is 5.26 Å². The Balaban J connectivity index is 1.55. The maximum absolute atomic E-state index is 13.5. The first-order valence-corrected chi connectivity index (χ1v) is 13.2. The van der Waals surface area contributed by atoms with Gasteiger partial charge < -0.3 is 29.8 Å². The number of ether oxygens (including phenoxy) is 2. The summed E-state index contributed by atoms with van der Waals surface area (Å²) in [5.41, 5.74) is 2.31. The van der Waals surface area contributed by atoms with Gasteiger partial charge in [0.15, 0.2) is 0 Å². The zero-order valence-electron chi connectivity index (χ0n) is 21.7. The van der Waals surface area contributed by atoms with E-state index in [0.29, 0.717) is 51.5 Å². The number of anilines is 2. The van der Waals surface area contributed by atoms with Gasteiger partial charge in [-0.15, -0.1) is 0 Å². The van der Waals surface area contributed by atoms with Gasteiger partial charge in [-0.25, -0.2) is 0 Å². The zero-order valence-corrected chi connectivity index (χ0v) is 22.6. The summed E-state index contributed by atoms with van der Waals surface area (Å²) in [5, 5.41) is 19.6. The minimum atomic E-state index is -0.756. The van der Waals surface area contributed by atoms with E-state index in [1.54, 1.807) is 62.6 Å². The van der Waals surface area contributed by atoms with E-state index >= 15 is 0 Å². The first kappa shape index (κ1) is 27.4. The Hall–Kier alpha value is -4.62. The number of methoxy groups -OCH3 is 1. The Morgan fingerprint density at radius 1 is 1.10 bits per heavy atom. The average molecular weight is 545 g/mol. The topological polar surface area (TPSA) is 126 Å². The summed E-state index contributed by atoms with van der Waals surface area (Å²) in [5.74, 6) is 0.313. The van der Waals surface area contributed by atoms with Gasteiger partial charge in [0.1, 0.15) is 17.3 Å². The fourth-order valence-electron chi connectivity index (χ4n) is 4.12. The molecule has 4 rings (SSSR count). The van der Waals surface area contributed by atoms with Crippen LogP contribution in [0.25, 0.3) is 0 Å². The highest BCUT2D eigenvalue weighted by Gasteiger charge is 2.36. The van der Waals surface area contributed by atoms with Crippen LogP contribution in [-0.2, 0) is 9.59 Å². The number of amides is 2. The van der Waals surface area contributed by atoms with E-state index in [1.165, 1.54) is 18.0 Å². The quantitative estimate of drug-likeness (QED) is 0.310. The van der Waals surface area contributed by atoms with Gasteiger partial charge >= 0.3 is 0 Å². The van der Waals surface area contributed by atoms with Crippen molar-refractivity contribution in [3.05, 3.63) is 94.6 Å². The van der Waals surface area contributed by atoms with Crippen LogP contribution >= 0.6 is 11.8 Å². The van der Waals surface area contributed by atoms with E-state index in [4.69, 9.17) is 13.9 Å². The summed E-state index contributed by atoms with van der Waals surface area (Å²) >= 11 is 1.17. The van der Waals surface area contributed by atoms with Crippen LogP contribution in [0, 0.1) is 11.3 Å². The summed E-state index contributed by atoms with van der Waals surface area (Å²) in [6.45, 7) is 4.10. The van der Waals surface area contributed by atoms with Crippen molar-refractivity contribution in [3.63, 3.8) is 0 Å². The van der Waals surface area contributed by atoms with Crippen molar-refractivity contribution in [3.8, 4) is 17.6 Å². The fraction of sp³-hybridized carbons (Fsp3) is 0.207. The molecule has 9 nitrogen and oxygen atoms in total. The molecule has 200 valence electrons. The third-order valence-electron chi connectivity index (χ3n) is 5.88. The van der Waals surface area contributed by atoms with Crippen LogP contribution in [0.4, 0.5) is 11.4 Å². The van der Waals surface area contributed by atoms with E-state index in [2.05, 4.69) is 22.0 Å². The second-order valence-electron chi connectivity index (χ2n) is 8.42. The normalized spacial score (nSPS) is 14.8. The van der Waals surface area contributed by atoms with Crippen LogP contribution in [0.1, 0.15) is 25.5 Å². The number of hydrogen-bond donors (Lipinski definition) is 3. The number of nitrogens with zero attached hydrogens (tertiary/aromatic N) is 1. The van der Waals surface area contributed by atoms with Gasteiger partial charge in [-0.05, 0) is 62.4 Å². The minimum absolute atomic E-state index is 0.0273. The number of hydrogen-bond acceptors (Lipinski definition) is 8. The molecule has 39 heavy (non-hydrogen) atoms. The molecule has 0 spiro atoms. The number of benzene rings is 2. The lowest BCUT2D eigenvalue weighted by molar-refractivity contribution is -0.114. The lowest BCUT2D eigenvalue weighted by Crippen LogP contribution is -2.31. The molecule has 0 fully saturated rings. The van der Waals surface area contributed by atoms with Gasteiger partial charge in [-0.1, -0.05) is 23.9 Å². The van der Waals surface area contributed by atoms with E-state index in [1.807, 2.05) is 19.1 Å². The maximum atomic E-state index is 13.5. The number of thioether (sulfide) groups is 1. The molecule has 0 unspecified atom stereocenters. The number of allylic oxidation sites excluding steroid dienone is 2. The summed E-state index contributed by atoms with van der Waals surface area (Å²) in [6.07, 6.45) is 1.50. The average Bonchev–Trinajstić information content (AvgIpc) is 3.48. The zero-order chi connectivity index (χ0) is 27.8. The van der Waals surface area contributed by atoms with Gasteiger partial charge in [0.25, 0.3) is 5.91 Å². The van der Waals surface area contributed by atoms with Gasteiger partial charge in [0.05, 0.1) is 59.6 Å². The summed E-state index contributed by atoms with van der Waals surface area (Å²) in [7, 11) is 1.57. The molecule has 2 heterocycles. The lowest BCUT2D eigenvalue weighted by atomic mass is 9.85. The second-order valence-corrected chi connectivity index (χ2v) is 9.40. The number of para-hydroxylation sites is 2.